The Bertz CT molecular complexity index is 999. The third kappa shape index (κ3) is 4.90. The quantitative estimate of drug-likeness (QED) is 0.694. The highest BCUT2D eigenvalue weighted by Crippen LogP contribution is 2.27. The van der Waals surface area contributed by atoms with E-state index in [0.717, 1.165) is 21.2 Å². The number of piperidine rings is 1. The van der Waals surface area contributed by atoms with Crippen LogP contribution in [-0.4, -0.2) is 31.7 Å². The van der Waals surface area contributed by atoms with E-state index in [0.29, 0.717) is 30.8 Å². The molecule has 2 aromatic rings. The minimum absolute atomic E-state index is 0.0171. The van der Waals surface area contributed by atoms with Crippen LogP contribution >= 0.6 is 15.9 Å². The molecule has 1 saturated heterocycles. The van der Waals surface area contributed by atoms with Crippen molar-refractivity contribution in [3.63, 3.8) is 0 Å². The molecule has 29 heavy (non-hydrogen) atoms. The van der Waals surface area contributed by atoms with Gasteiger partial charge in [0.25, 0.3) is 0 Å². The molecule has 1 unspecified atom stereocenters. The molecule has 0 bridgehead atoms. The lowest BCUT2D eigenvalue weighted by molar-refractivity contribution is -0.126. The van der Waals surface area contributed by atoms with Crippen LogP contribution in [0.25, 0.3) is 0 Å². The summed E-state index contributed by atoms with van der Waals surface area (Å²) in [4.78, 5) is 13.0. The minimum atomic E-state index is -3.53. The zero-order valence-electron chi connectivity index (χ0n) is 17.0. The predicted octanol–water partition coefficient (Wildman–Crippen LogP) is 4.34. The van der Waals surface area contributed by atoms with Crippen LogP contribution in [0.5, 0.6) is 0 Å². The standard InChI is InChI=1S/C22H27BrN2O3S/c1-15-8-9-19(14-16(15)2)29(27,28)25-12-10-18(11-13-25)22(26)24-17(3)20-6-4-5-7-21(20)23/h4-9,14,17-18H,10-13H2,1-3H3,(H,24,26). The van der Waals surface area contributed by atoms with E-state index >= 15 is 0 Å². The van der Waals surface area contributed by atoms with Gasteiger partial charge in [-0.05, 0) is 68.5 Å². The highest BCUT2D eigenvalue weighted by molar-refractivity contribution is 9.10. The summed E-state index contributed by atoms with van der Waals surface area (Å²) in [5, 5.41) is 3.07. The second-order valence-electron chi connectivity index (χ2n) is 7.68. The molecule has 1 aliphatic heterocycles. The molecule has 1 heterocycles. The Labute approximate surface area is 181 Å². The number of aryl methyl sites for hydroxylation is 2. The number of hydrogen-bond donors (Lipinski definition) is 1. The lowest BCUT2D eigenvalue weighted by atomic mass is 9.96. The van der Waals surface area contributed by atoms with Crippen molar-refractivity contribution in [2.45, 2.75) is 44.6 Å². The number of nitrogens with one attached hydrogen (secondary N) is 1. The summed E-state index contributed by atoms with van der Waals surface area (Å²) in [6, 6.07) is 12.9. The SMILES string of the molecule is Cc1ccc(S(=O)(=O)N2CCC(C(=O)NC(C)c3ccccc3Br)CC2)cc1C. The lowest BCUT2D eigenvalue weighted by Crippen LogP contribution is -2.43. The van der Waals surface area contributed by atoms with E-state index in [-0.39, 0.29) is 17.9 Å². The van der Waals surface area contributed by atoms with Gasteiger partial charge in [-0.2, -0.15) is 4.31 Å². The monoisotopic (exact) mass is 478 g/mol. The summed E-state index contributed by atoms with van der Waals surface area (Å²) < 4.78 is 28.4. The van der Waals surface area contributed by atoms with Crippen LogP contribution in [0, 0.1) is 19.8 Å². The van der Waals surface area contributed by atoms with Crippen LogP contribution < -0.4 is 5.32 Å². The van der Waals surface area contributed by atoms with Gasteiger partial charge in [0.15, 0.2) is 0 Å². The Kier molecular flexibility index (Phi) is 6.81. The van der Waals surface area contributed by atoms with Crippen LogP contribution in [0.15, 0.2) is 51.8 Å². The summed E-state index contributed by atoms with van der Waals surface area (Å²) in [7, 11) is -3.53. The van der Waals surface area contributed by atoms with Gasteiger partial charge in [0.2, 0.25) is 15.9 Å². The fourth-order valence-corrected chi connectivity index (χ4v) is 5.80. The molecule has 1 fully saturated rings. The van der Waals surface area contributed by atoms with Gasteiger partial charge in [-0.3, -0.25) is 4.79 Å². The van der Waals surface area contributed by atoms with Gasteiger partial charge in [-0.15, -0.1) is 0 Å². The van der Waals surface area contributed by atoms with Gasteiger partial charge in [0, 0.05) is 23.5 Å². The Morgan fingerprint density at radius 3 is 2.38 bits per heavy atom. The van der Waals surface area contributed by atoms with Crippen LogP contribution in [0.1, 0.15) is 42.5 Å². The number of nitrogens with zero attached hydrogens (tertiary/aromatic N) is 1. The van der Waals surface area contributed by atoms with Gasteiger partial charge in [0.05, 0.1) is 10.9 Å². The molecule has 0 aliphatic carbocycles. The molecule has 2 aromatic carbocycles. The molecule has 5 nitrogen and oxygen atoms in total. The predicted molar refractivity (Wildman–Crippen MR) is 118 cm³/mol. The number of hydrogen-bond acceptors (Lipinski definition) is 3. The van der Waals surface area contributed by atoms with Crippen molar-refractivity contribution >= 4 is 31.9 Å². The van der Waals surface area contributed by atoms with Gasteiger partial charge in [-0.1, -0.05) is 40.2 Å². The molecular weight excluding hydrogens is 452 g/mol. The second-order valence-corrected chi connectivity index (χ2v) is 10.5. The fourth-order valence-electron chi connectivity index (χ4n) is 3.62. The van der Waals surface area contributed by atoms with Gasteiger partial charge < -0.3 is 5.32 Å². The molecular formula is C22H27BrN2O3S. The molecule has 0 aromatic heterocycles. The Morgan fingerprint density at radius 1 is 1.10 bits per heavy atom. The first-order valence-corrected chi connectivity index (χ1v) is 12.1. The van der Waals surface area contributed by atoms with E-state index in [4.69, 9.17) is 0 Å². The van der Waals surface area contributed by atoms with Gasteiger partial charge in [0.1, 0.15) is 0 Å². The average molecular weight is 479 g/mol. The topological polar surface area (TPSA) is 66.5 Å². The summed E-state index contributed by atoms with van der Waals surface area (Å²) >= 11 is 3.52. The van der Waals surface area contributed by atoms with Crippen LogP contribution in [0.4, 0.5) is 0 Å². The normalized spacial score (nSPS) is 17.1. The smallest absolute Gasteiger partial charge is 0.243 e. The van der Waals surface area contributed by atoms with Crippen molar-refractivity contribution in [3.8, 4) is 0 Å². The van der Waals surface area contributed by atoms with Gasteiger partial charge in [-0.25, -0.2) is 8.42 Å². The maximum Gasteiger partial charge on any atom is 0.243 e. The van der Waals surface area contributed by atoms with E-state index in [2.05, 4.69) is 21.2 Å². The zero-order valence-corrected chi connectivity index (χ0v) is 19.4. The molecule has 1 amide bonds. The molecule has 7 heteroatoms. The molecule has 1 N–H and O–H groups in total. The maximum atomic E-state index is 12.9. The van der Waals surface area contributed by atoms with Crippen molar-refractivity contribution in [2.75, 3.05) is 13.1 Å². The van der Waals surface area contributed by atoms with Crippen LogP contribution in [-0.2, 0) is 14.8 Å². The van der Waals surface area contributed by atoms with Gasteiger partial charge >= 0.3 is 0 Å². The van der Waals surface area contributed by atoms with Crippen molar-refractivity contribution in [2.24, 2.45) is 5.92 Å². The van der Waals surface area contributed by atoms with E-state index in [1.54, 1.807) is 12.1 Å². The maximum absolute atomic E-state index is 12.9. The first-order valence-electron chi connectivity index (χ1n) is 9.82. The van der Waals surface area contributed by atoms with Crippen molar-refractivity contribution < 1.29 is 13.2 Å². The molecule has 1 aliphatic rings. The van der Waals surface area contributed by atoms with E-state index in [9.17, 15) is 13.2 Å². The third-order valence-electron chi connectivity index (χ3n) is 5.67. The van der Waals surface area contributed by atoms with Crippen LogP contribution in [0.2, 0.25) is 0 Å². The first-order chi connectivity index (χ1) is 13.7. The third-order valence-corrected chi connectivity index (χ3v) is 8.29. The average Bonchev–Trinajstić information content (AvgIpc) is 2.70. The number of carbonyl (C=O) groups is 1. The highest BCUT2D eigenvalue weighted by atomic mass is 79.9. The number of sulfonamides is 1. The van der Waals surface area contributed by atoms with Crippen molar-refractivity contribution in [1.82, 2.24) is 9.62 Å². The van der Waals surface area contributed by atoms with E-state index in [1.807, 2.05) is 51.1 Å². The first kappa shape index (κ1) is 22.0. The largest absolute Gasteiger partial charge is 0.349 e. The van der Waals surface area contributed by atoms with E-state index in [1.165, 1.54) is 4.31 Å². The van der Waals surface area contributed by atoms with Crippen LogP contribution in [0.3, 0.4) is 0 Å². The number of benzene rings is 2. The second kappa shape index (κ2) is 8.98. The zero-order chi connectivity index (χ0) is 21.2. The summed E-state index contributed by atoms with van der Waals surface area (Å²) in [5.41, 5.74) is 3.05. The minimum Gasteiger partial charge on any atom is -0.349 e. The number of amides is 1. The lowest BCUT2D eigenvalue weighted by Gasteiger charge is -2.31. The summed E-state index contributed by atoms with van der Waals surface area (Å²) in [5.74, 6) is -0.192. The molecule has 3 rings (SSSR count). The summed E-state index contributed by atoms with van der Waals surface area (Å²) in [6.07, 6.45) is 1.05. The molecule has 0 saturated carbocycles. The highest BCUT2D eigenvalue weighted by Gasteiger charge is 2.32. The summed E-state index contributed by atoms with van der Waals surface area (Å²) in [6.45, 7) is 6.55. The molecule has 0 radical (unpaired) electrons. The van der Waals surface area contributed by atoms with Crippen molar-refractivity contribution in [1.29, 1.82) is 0 Å². The van der Waals surface area contributed by atoms with E-state index < -0.39 is 10.0 Å². The Balaban J connectivity index is 1.61. The Morgan fingerprint density at radius 2 is 1.76 bits per heavy atom. The number of carbonyl (C=O) groups excluding carboxylic acids is 1. The Hall–Kier alpha value is -1.70. The molecule has 0 spiro atoms. The fraction of sp³-hybridized carbons (Fsp3) is 0.409. The molecule has 1 atom stereocenters. The van der Waals surface area contributed by atoms with Crippen molar-refractivity contribution in [3.05, 3.63) is 63.6 Å². The number of halogens is 1. The number of rotatable bonds is 5. The molecule has 156 valence electrons.